The van der Waals surface area contributed by atoms with Crippen molar-refractivity contribution in [3.63, 3.8) is 0 Å². The molecule has 4 nitrogen and oxygen atoms in total. The molecule has 2 atom stereocenters. The van der Waals surface area contributed by atoms with Crippen LogP contribution in [0.2, 0.25) is 5.21 Å². The van der Waals surface area contributed by atoms with Gasteiger partial charge in [0.05, 0.1) is 21.3 Å². The average molecular weight is 236 g/mol. The van der Waals surface area contributed by atoms with Gasteiger partial charge >= 0.3 is 5.97 Å². The fourth-order valence-electron chi connectivity index (χ4n) is 1.63. The maximum absolute atomic E-state index is 11.9. The van der Waals surface area contributed by atoms with Crippen molar-refractivity contribution < 1.29 is 14.7 Å². The summed E-state index contributed by atoms with van der Waals surface area (Å²) in [6.07, 6.45) is 0. The Labute approximate surface area is 108 Å². The molecule has 0 aromatic heterocycles. The molecule has 1 aromatic carbocycles. The summed E-state index contributed by atoms with van der Waals surface area (Å²) >= 11 is 0. The fourth-order valence-corrected chi connectivity index (χ4v) is 1.63. The van der Waals surface area contributed by atoms with Crippen LogP contribution in [0.15, 0.2) is 24.3 Å². The first-order chi connectivity index (χ1) is 8.25. The highest BCUT2D eigenvalue weighted by molar-refractivity contribution is 6.81. The number of hydrogen-bond donors (Lipinski definition) is 2. The average Bonchev–Trinajstić information content (AvgIpc) is 2.77. The normalized spacial score (nSPS) is 29.2. The molecule has 1 saturated heterocycles. The van der Waals surface area contributed by atoms with Crippen LogP contribution in [-0.4, -0.2) is 45.3 Å². The second-order valence-corrected chi connectivity index (χ2v) is 4.63. The number of benzene rings is 1. The SMILES string of the molecule is [B]C1(C)[B]C1([B])NC(=O)c1ccc(C(=O)O)cc1. The Hall–Kier alpha value is -1.65. The van der Waals surface area contributed by atoms with Gasteiger partial charge in [-0.2, -0.15) is 0 Å². The zero-order chi connectivity index (χ0) is 13.6. The van der Waals surface area contributed by atoms with Gasteiger partial charge in [-0.25, -0.2) is 4.79 Å². The maximum atomic E-state index is 11.9. The molecule has 2 N–H and O–H groups in total. The Morgan fingerprint density at radius 1 is 1.22 bits per heavy atom. The summed E-state index contributed by atoms with van der Waals surface area (Å²) in [5.41, 5.74) is 0.455. The van der Waals surface area contributed by atoms with Crippen molar-refractivity contribution in [2.45, 2.75) is 17.5 Å². The molecular formula is C11H9B3NO3. The van der Waals surface area contributed by atoms with Crippen molar-refractivity contribution in [1.82, 2.24) is 5.32 Å². The summed E-state index contributed by atoms with van der Waals surface area (Å²) in [7, 11) is 13.2. The highest BCUT2D eigenvalue weighted by Crippen LogP contribution is 2.48. The number of carboxylic acid groups (broad SMARTS) is 1. The predicted octanol–water partition coefficient (Wildman–Crippen LogP) is -0.0407. The Morgan fingerprint density at radius 2 is 1.67 bits per heavy atom. The molecule has 5 radical (unpaired) electrons. The van der Waals surface area contributed by atoms with Crippen molar-refractivity contribution in [1.29, 1.82) is 0 Å². The fraction of sp³-hybridized carbons (Fsp3) is 0.273. The van der Waals surface area contributed by atoms with Gasteiger partial charge in [0.1, 0.15) is 7.28 Å². The molecule has 0 spiro atoms. The molecule has 1 aliphatic heterocycles. The molecule has 1 fully saturated rings. The number of carbonyl (C=O) groups is 2. The minimum Gasteiger partial charge on any atom is -0.478 e. The molecular weight excluding hydrogens is 227 g/mol. The topological polar surface area (TPSA) is 66.4 Å². The van der Waals surface area contributed by atoms with E-state index in [0.717, 1.165) is 0 Å². The molecule has 1 aliphatic rings. The van der Waals surface area contributed by atoms with Gasteiger partial charge in [0.25, 0.3) is 0 Å². The lowest BCUT2D eigenvalue weighted by Crippen LogP contribution is -2.41. The Kier molecular flexibility index (Phi) is 2.80. The van der Waals surface area contributed by atoms with Crippen LogP contribution < -0.4 is 5.32 Å². The van der Waals surface area contributed by atoms with Crippen LogP contribution in [0, 0.1) is 0 Å². The van der Waals surface area contributed by atoms with Gasteiger partial charge in [-0.3, -0.25) is 4.79 Å². The van der Waals surface area contributed by atoms with E-state index in [4.69, 9.17) is 20.8 Å². The molecule has 18 heavy (non-hydrogen) atoms. The third-order valence-corrected chi connectivity index (χ3v) is 3.05. The zero-order valence-corrected chi connectivity index (χ0v) is 9.81. The minimum atomic E-state index is -1.04. The van der Waals surface area contributed by atoms with Crippen LogP contribution in [0.3, 0.4) is 0 Å². The largest absolute Gasteiger partial charge is 0.478 e. The first-order valence-corrected chi connectivity index (χ1v) is 5.36. The van der Waals surface area contributed by atoms with E-state index in [1.165, 1.54) is 24.3 Å². The van der Waals surface area contributed by atoms with Crippen LogP contribution >= 0.6 is 0 Å². The molecule has 0 bridgehead atoms. The van der Waals surface area contributed by atoms with Crippen molar-refractivity contribution in [3.05, 3.63) is 35.4 Å². The number of aromatic carboxylic acids is 1. The van der Waals surface area contributed by atoms with E-state index in [0.29, 0.717) is 5.56 Å². The third kappa shape index (κ3) is 2.17. The third-order valence-electron chi connectivity index (χ3n) is 3.05. The molecule has 0 aliphatic carbocycles. The molecule has 2 unspecified atom stereocenters. The van der Waals surface area contributed by atoms with E-state index in [1.807, 2.05) is 0 Å². The Morgan fingerprint density at radius 3 is 2.06 bits per heavy atom. The van der Waals surface area contributed by atoms with Gasteiger partial charge in [-0.15, -0.1) is 0 Å². The summed E-state index contributed by atoms with van der Waals surface area (Å²) in [5.74, 6) is -1.43. The van der Waals surface area contributed by atoms with Gasteiger partial charge in [-0.1, -0.05) is 12.1 Å². The lowest BCUT2D eigenvalue weighted by Gasteiger charge is -2.19. The number of hydrogen-bond acceptors (Lipinski definition) is 2. The standard InChI is InChI=1S/C11H9B3NO3/c1-10(12)11(13,14-10)15-8(16)6-2-4-7(5-3-6)9(17)18/h2-5H,1H3,(H,15,16)(H,17,18). The van der Waals surface area contributed by atoms with E-state index < -0.39 is 16.5 Å². The number of amides is 1. The van der Waals surface area contributed by atoms with Crippen molar-refractivity contribution in [2.24, 2.45) is 0 Å². The minimum absolute atomic E-state index is 0.121. The molecule has 2 rings (SSSR count). The Bertz CT molecular complexity index is 515. The molecule has 1 amide bonds. The first kappa shape index (κ1) is 12.8. The number of carboxylic acids is 1. The van der Waals surface area contributed by atoms with Crippen molar-refractivity contribution in [2.75, 3.05) is 0 Å². The first-order valence-electron chi connectivity index (χ1n) is 5.36. The van der Waals surface area contributed by atoms with E-state index in [9.17, 15) is 9.59 Å². The maximum Gasteiger partial charge on any atom is 0.335 e. The van der Waals surface area contributed by atoms with Gasteiger partial charge in [-0.05, 0) is 29.6 Å². The van der Waals surface area contributed by atoms with Gasteiger partial charge in [0, 0.05) is 5.56 Å². The van der Waals surface area contributed by atoms with E-state index in [1.54, 1.807) is 14.2 Å². The quantitative estimate of drug-likeness (QED) is 0.723. The molecule has 1 aromatic rings. The van der Waals surface area contributed by atoms with Gasteiger partial charge in [0.15, 0.2) is 0 Å². The molecule has 7 heteroatoms. The lowest BCUT2D eigenvalue weighted by molar-refractivity contribution is 0.0696. The number of nitrogens with one attached hydrogen (secondary N) is 1. The highest BCUT2D eigenvalue weighted by atomic mass is 16.4. The van der Waals surface area contributed by atoms with E-state index in [-0.39, 0.29) is 11.5 Å². The summed E-state index contributed by atoms with van der Waals surface area (Å²) in [5, 5.41) is 9.61. The van der Waals surface area contributed by atoms with Crippen LogP contribution in [0.1, 0.15) is 27.6 Å². The summed E-state index contributed by atoms with van der Waals surface area (Å²) < 4.78 is 0. The number of rotatable bonds is 3. The Balaban J connectivity index is 2.09. The van der Waals surface area contributed by atoms with Crippen LogP contribution in [0.25, 0.3) is 0 Å². The second-order valence-electron chi connectivity index (χ2n) is 4.63. The molecule has 85 valence electrons. The monoisotopic (exact) mass is 236 g/mol. The number of carbonyl (C=O) groups excluding carboxylic acids is 1. The summed E-state index contributed by atoms with van der Waals surface area (Å²) in [6.45, 7) is 1.71. The van der Waals surface area contributed by atoms with Gasteiger partial charge < -0.3 is 10.4 Å². The lowest BCUT2D eigenvalue weighted by atomic mass is 9.72. The van der Waals surface area contributed by atoms with Crippen molar-refractivity contribution in [3.8, 4) is 0 Å². The van der Waals surface area contributed by atoms with E-state index >= 15 is 0 Å². The molecule has 0 saturated carbocycles. The highest BCUT2D eigenvalue weighted by Gasteiger charge is 2.57. The van der Waals surface area contributed by atoms with Crippen LogP contribution in [0.4, 0.5) is 0 Å². The second kappa shape index (κ2) is 3.94. The van der Waals surface area contributed by atoms with E-state index in [2.05, 4.69) is 5.32 Å². The van der Waals surface area contributed by atoms with Crippen LogP contribution in [0.5, 0.6) is 0 Å². The molecule has 1 heterocycles. The van der Waals surface area contributed by atoms with Crippen LogP contribution in [-0.2, 0) is 0 Å². The summed E-state index contributed by atoms with van der Waals surface area (Å²) in [6, 6.07) is 5.58. The predicted molar refractivity (Wildman–Crippen MR) is 69.2 cm³/mol. The smallest absolute Gasteiger partial charge is 0.335 e. The van der Waals surface area contributed by atoms with Gasteiger partial charge in [0.2, 0.25) is 5.91 Å². The summed E-state index contributed by atoms with van der Waals surface area (Å²) in [4.78, 5) is 22.5. The zero-order valence-electron chi connectivity index (χ0n) is 9.81. The van der Waals surface area contributed by atoms with Crippen molar-refractivity contribution >= 4 is 34.8 Å².